The average molecular weight is 239 g/mol. The molecule has 0 aliphatic heterocycles. The van der Waals surface area contributed by atoms with E-state index in [0.29, 0.717) is 13.1 Å². The van der Waals surface area contributed by atoms with Crippen LogP contribution in [0.5, 0.6) is 0 Å². The fraction of sp³-hybridized carbons (Fsp3) is 0.727. The van der Waals surface area contributed by atoms with Crippen molar-refractivity contribution in [1.29, 1.82) is 0 Å². The number of hydrogen-bond acceptors (Lipinski definition) is 4. The first-order valence-corrected chi connectivity index (χ1v) is 5.73. The van der Waals surface area contributed by atoms with E-state index in [1.54, 1.807) is 6.33 Å². The van der Waals surface area contributed by atoms with Crippen LogP contribution in [0.1, 0.15) is 26.6 Å². The summed E-state index contributed by atoms with van der Waals surface area (Å²) in [5, 5.41) is 13.7. The molecule has 0 aromatic carbocycles. The number of carbonyl (C=O) groups excluding carboxylic acids is 1. The first-order chi connectivity index (χ1) is 7.88. The van der Waals surface area contributed by atoms with Gasteiger partial charge in [0.15, 0.2) is 0 Å². The zero-order valence-corrected chi connectivity index (χ0v) is 10.9. The van der Waals surface area contributed by atoms with Gasteiger partial charge in [0.25, 0.3) is 0 Å². The van der Waals surface area contributed by atoms with E-state index >= 15 is 0 Å². The maximum atomic E-state index is 11.5. The van der Waals surface area contributed by atoms with Crippen LogP contribution in [0.15, 0.2) is 6.33 Å². The third kappa shape index (κ3) is 5.44. The van der Waals surface area contributed by atoms with Gasteiger partial charge in [-0.25, -0.2) is 0 Å². The van der Waals surface area contributed by atoms with Crippen molar-refractivity contribution in [2.24, 2.45) is 7.05 Å². The van der Waals surface area contributed by atoms with Crippen molar-refractivity contribution in [3.05, 3.63) is 12.2 Å². The fourth-order valence-corrected chi connectivity index (χ4v) is 1.40. The maximum absolute atomic E-state index is 11.5. The van der Waals surface area contributed by atoms with Gasteiger partial charge < -0.3 is 15.2 Å². The Balaban J connectivity index is 2.17. The van der Waals surface area contributed by atoms with Crippen molar-refractivity contribution in [1.82, 2.24) is 25.4 Å². The fourth-order valence-electron chi connectivity index (χ4n) is 1.40. The molecular formula is C11H21N5O. The van der Waals surface area contributed by atoms with Gasteiger partial charge in [-0.2, -0.15) is 0 Å². The van der Waals surface area contributed by atoms with E-state index in [1.807, 2.05) is 32.4 Å². The Labute approximate surface area is 102 Å². The summed E-state index contributed by atoms with van der Waals surface area (Å²) in [6.07, 6.45) is 2.43. The number of amides is 1. The zero-order chi connectivity index (χ0) is 12.9. The summed E-state index contributed by atoms with van der Waals surface area (Å²) in [6.45, 7) is 6.93. The van der Waals surface area contributed by atoms with Gasteiger partial charge in [0.1, 0.15) is 12.2 Å². The van der Waals surface area contributed by atoms with Crippen LogP contribution in [0.4, 0.5) is 0 Å². The van der Waals surface area contributed by atoms with E-state index < -0.39 is 0 Å². The SMILES string of the molecule is Cn1cnnc1CCNCC(=O)NC(C)(C)C. The van der Waals surface area contributed by atoms with Gasteiger partial charge in [-0.15, -0.1) is 10.2 Å². The molecule has 0 atom stereocenters. The second-order valence-electron chi connectivity index (χ2n) is 5.08. The van der Waals surface area contributed by atoms with E-state index in [1.165, 1.54) is 0 Å². The molecule has 1 rings (SSSR count). The van der Waals surface area contributed by atoms with E-state index in [-0.39, 0.29) is 11.4 Å². The van der Waals surface area contributed by atoms with Crippen LogP contribution in [0.2, 0.25) is 0 Å². The lowest BCUT2D eigenvalue weighted by molar-refractivity contribution is -0.121. The molecular weight excluding hydrogens is 218 g/mol. The predicted molar refractivity (Wildman–Crippen MR) is 65.5 cm³/mol. The van der Waals surface area contributed by atoms with E-state index in [4.69, 9.17) is 0 Å². The molecule has 0 spiro atoms. The highest BCUT2D eigenvalue weighted by molar-refractivity contribution is 5.78. The molecule has 0 saturated carbocycles. The quantitative estimate of drug-likeness (QED) is 0.702. The van der Waals surface area contributed by atoms with Crippen LogP contribution in [0.25, 0.3) is 0 Å². The molecule has 1 heterocycles. The van der Waals surface area contributed by atoms with Crippen LogP contribution in [-0.4, -0.2) is 39.3 Å². The van der Waals surface area contributed by atoms with Crippen molar-refractivity contribution in [2.75, 3.05) is 13.1 Å². The Kier molecular flexibility index (Phi) is 4.62. The molecule has 0 unspecified atom stereocenters. The summed E-state index contributed by atoms with van der Waals surface area (Å²) >= 11 is 0. The zero-order valence-electron chi connectivity index (χ0n) is 10.9. The molecule has 0 saturated heterocycles. The van der Waals surface area contributed by atoms with Crippen LogP contribution < -0.4 is 10.6 Å². The van der Waals surface area contributed by atoms with Gasteiger partial charge in [0.2, 0.25) is 5.91 Å². The number of carbonyl (C=O) groups is 1. The average Bonchev–Trinajstić information content (AvgIpc) is 2.56. The topological polar surface area (TPSA) is 71.8 Å². The molecule has 0 aliphatic carbocycles. The summed E-state index contributed by atoms with van der Waals surface area (Å²) < 4.78 is 1.87. The molecule has 0 fully saturated rings. The van der Waals surface area contributed by atoms with Crippen LogP contribution >= 0.6 is 0 Å². The second kappa shape index (κ2) is 5.77. The van der Waals surface area contributed by atoms with Crippen molar-refractivity contribution in [3.8, 4) is 0 Å². The smallest absolute Gasteiger partial charge is 0.234 e. The minimum atomic E-state index is -0.178. The first-order valence-electron chi connectivity index (χ1n) is 5.73. The van der Waals surface area contributed by atoms with E-state index in [2.05, 4.69) is 20.8 Å². The van der Waals surface area contributed by atoms with Crippen molar-refractivity contribution < 1.29 is 4.79 Å². The lowest BCUT2D eigenvalue weighted by Gasteiger charge is -2.20. The largest absolute Gasteiger partial charge is 0.350 e. The third-order valence-electron chi connectivity index (χ3n) is 2.13. The molecule has 1 aromatic rings. The van der Waals surface area contributed by atoms with Crippen molar-refractivity contribution >= 4 is 5.91 Å². The molecule has 17 heavy (non-hydrogen) atoms. The molecule has 6 heteroatoms. The number of nitrogens with zero attached hydrogens (tertiary/aromatic N) is 3. The summed E-state index contributed by atoms with van der Waals surface area (Å²) in [5.74, 6) is 0.921. The Morgan fingerprint density at radius 3 is 2.71 bits per heavy atom. The summed E-state index contributed by atoms with van der Waals surface area (Å²) in [6, 6.07) is 0. The molecule has 0 radical (unpaired) electrons. The minimum Gasteiger partial charge on any atom is -0.350 e. The highest BCUT2D eigenvalue weighted by atomic mass is 16.2. The monoisotopic (exact) mass is 239 g/mol. The normalized spacial score (nSPS) is 11.5. The summed E-state index contributed by atoms with van der Waals surface area (Å²) in [4.78, 5) is 11.5. The van der Waals surface area contributed by atoms with Crippen molar-refractivity contribution in [2.45, 2.75) is 32.7 Å². The Hall–Kier alpha value is -1.43. The van der Waals surface area contributed by atoms with Gasteiger partial charge in [-0.1, -0.05) is 0 Å². The number of aromatic nitrogens is 3. The van der Waals surface area contributed by atoms with Gasteiger partial charge in [0.05, 0.1) is 6.54 Å². The Bertz CT molecular complexity index is 366. The van der Waals surface area contributed by atoms with Gasteiger partial charge in [-0.05, 0) is 20.8 Å². The predicted octanol–water partition coefficient (Wildman–Crippen LogP) is -0.138. The molecule has 0 bridgehead atoms. The first kappa shape index (κ1) is 13.6. The Morgan fingerprint density at radius 1 is 1.47 bits per heavy atom. The highest BCUT2D eigenvalue weighted by Gasteiger charge is 2.12. The number of nitrogens with one attached hydrogen (secondary N) is 2. The van der Waals surface area contributed by atoms with E-state index in [0.717, 1.165) is 12.2 Å². The van der Waals surface area contributed by atoms with Gasteiger partial charge in [0, 0.05) is 25.6 Å². The number of rotatable bonds is 5. The number of aryl methyl sites for hydroxylation is 1. The third-order valence-corrected chi connectivity index (χ3v) is 2.13. The van der Waals surface area contributed by atoms with Crippen molar-refractivity contribution in [3.63, 3.8) is 0 Å². The van der Waals surface area contributed by atoms with E-state index in [9.17, 15) is 4.79 Å². The standard InChI is InChI=1S/C11H21N5O/c1-11(2,3)14-10(17)7-12-6-5-9-15-13-8-16(9)4/h8,12H,5-7H2,1-4H3,(H,14,17). The molecule has 1 aromatic heterocycles. The molecule has 2 N–H and O–H groups in total. The van der Waals surface area contributed by atoms with Gasteiger partial charge in [-0.3, -0.25) is 4.79 Å². The molecule has 96 valence electrons. The molecule has 6 nitrogen and oxygen atoms in total. The lowest BCUT2D eigenvalue weighted by Crippen LogP contribution is -2.45. The second-order valence-corrected chi connectivity index (χ2v) is 5.08. The maximum Gasteiger partial charge on any atom is 0.234 e. The number of hydrogen-bond donors (Lipinski definition) is 2. The van der Waals surface area contributed by atoms with Crippen LogP contribution in [0, 0.1) is 0 Å². The summed E-state index contributed by atoms with van der Waals surface area (Å²) in [7, 11) is 1.90. The minimum absolute atomic E-state index is 0.00969. The highest BCUT2D eigenvalue weighted by Crippen LogP contribution is 1.97. The Morgan fingerprint density at radius 2 is 2.18 bits per heavy atom. The molecule has 1 amide bonds. The summed E-state index contributed by atoms with van der Waals surface area (Å²) in [5.41, 5.74) is -0.178. The lowest BCUT2D eigenvalue weighted by atomic mass is 10.1. The van der Waals surface area contributed by atoms with Gasteiger partial charge >= 0.3 is 0 Å². The van der Waals surface area contributed by atoms with Crippen LogP contribution in [0.3, 0.4) is 0 Å². The molecule has 0 aliphatic rings. The van der Waals surface area contributed by atoms with Crippen LogP contribution in [-0.2, 0) is 18.3 Å².